The number of amides is 1. The average molecular weight is 397 g/mol. The Kier molecular flexibility index (Phi) is 6.86. The summed E-state index contributed by atoms with van der Waals surface area (Å²) in [5.41, 5.74) is 1.11. The van der Waals surface area contributed by atoms with Crippen molar-refractivity contribution in [3.8, 4) is 11.5 Å². The van der Waals surface area contributed by atoms with Crippen LogP contribution >= 0.6 is 0 Å². The lowest BCUT2D eigenvalue weighted by molar-refractivity contribution is -0.153. The highest BCUT2D eigenvalue weighted by molar-refractivity contribution is 5.94. The van der Waals surface area contributed by atoms with Gasteiger partial charge < -0.3 is 19.5 Å². The third kappa shape index (κ3) is 5.90. The van der Waals surface area contributed by atoms with Crippen molar-refractivity contribution >= 4 is 11.9 Å². The molecule has 1 amide bonds. The topological polar surface area (TPSA) is 73.9 Å². The fraction of sp³-hybridized carbons (Fsp3) is 0.263. The lowest BCUT2D eigenvalue weighted by Crippen LogP contribution is -2.23. The van der Waals surface area contributed by atoms with Gasteiger partial charge in [0, 0.05) is 12.1 Å². The van der Waals surface area contributed by atoms with Gasteiger partial charge in [-0.2, -0.15) is 13.2 Å². The number of hydrogen-bond acceptors (Lipinski definition) is 5. The molecule has 0 aliphatic rings. The number of nitrogens with one attached hydrogen (secondary N) is 1. The largest absolute Gasteiger partial charge is 0.496 e. The number of halogens is 3. The molecule has 2 rings (SSSR count). The summed E-state index contributed by atoms with van der Waals surface area (Å²) in [6.07, 6.45) is -4.43. The molecule has 2 aromatic rings. The quantitative estimate of drug-likeness (QED) is 0.726. The smallest absolute Gasteiger partial charge is 0.422 e. The minimum atomic E-state index is -4.43. The highest BCUT2D eigenvalue weighted by Crippen LogP contribution is 2.21. The van der Waals surface area contributed by atoms with E-state index in [9.17, 15) is 22.8 Å². The number of methoxy groups -OCH3 is 2. The number of carbonyl (C=O) groups excluding carboxylic acids is 2. The van der Waals surface area contributed by atoms with Crippen molar-refractivity contribution < 1.29 is 37.0 Å². The zero-order valence-corrected chi connectivity index (χ0v) is 15.1. The van der Waals surface area contributed by atoms with E-state index in [1.165, 1.54) is 38.5 Å². The van der Waals surface area contributed by atoms with Crippen LogP contribution in [0.3, 0.4) is 0 Å². The van der Waals surface area contributed by atoms with Crippen LogP contribution in [0.25, 0.3) is 0 Å². The summed E-state index contributed by atoms with van der Waals surface area (Å²) in [7, 11) is 2.67. The molecule has 0 unspecified atom stereocenters. The van der Waals surface area contributed by atoms with E-state index in [2.05, 4.69) is 10.1 Å². The molecule has 150 valence electrons. The van der Waals surface area contributed by atoms with Crippen LogP contribution in [0.5, 0.6) is 11.5 Å². The molecule has 0 bridgehead atoms. The van der Waals surface area contributed by atoms with E-state index in [4.69, 9.17) is 9.47 Å². The Morgan fingerprint density at radius 3 is 2.29 bits per heavy atom. The molecule has 0 heterocycles. The molecule has 0 aromatic heterocycles. The molecular formula is C19H18F3NO5. The molecule has 0 spiro atoms. The molecule has 1 N–H and O–H groups in total. The maximum Gasteiger partial charge on any atom is 0.422 e. The maximum absolute atomic E-state index is 12.2. The summed E-state index contributed by atoms with van der Waals surface area (Å²) in [5.74, 6) is -0.652. The summed E-state index contributed by atoms with van der Waals surface area (Å²) < 4.78 is 50.8. The van der Waals surface area contributed by atoms with E-state index in [0.717, 1.165) is 0 Å². The Labute approximate surface area is 159 Å². The average Bonchev–Trinajstić information content (AvgIpc) is 2.69. The van der Waals surface area contributed by atoms with Crippen LogP contribution in [0.2, 0.25) is 0 Å². The maximum atomic E-state index is 12.2. The second-order valence-electron chi connectivity index (χ2n) is 5.64. The van der Waals surface area contributed by atoms with Gasteiger partial charge >= 0.3 is 12.1 Å². The first-order chi connectivity index (χ1) is 13.2. The Balaban J connectivity index is 1.99. The van der Waals surface area contributed by atoms with Gasteiger partial charge in [-0.15, -0.1) is 0 Å². The number of rotatable bonds is 7. The van der Waals surface area contributed by atoms with Crippen LogP contribution in [0.4, 0.5) is 13.2 Å². The molecule has 0 radical (unpaired) electrons. The number of carbonyl (C=O) groups is 2. The van der Waals surface area contributed by atoms with Gasteiger partial charge in [0.15, 0.2) is 6.61 Å². The van der Waals surface area contributed by atoms with Crippen LogP contribution in [0.15, 0.2) is 42.5 Å². The third-order valence-corrected chi connectivity index (χ3v) is 3.64. The molecule has 0 aliphatic carbocycles. The third-order valence-electron chi connectivity index (χ3n) is 3.64. The standard InChI is InChI=1S/C19H18F3NO5/c1-26-16-8-3-12(9-15(16)18(25)27-2)10-23-17(24)13-4-6-14(7-5-13)28-11-19(20,21)22/h3-9H,10-11H2,1-2H3,(H,23,24). The summed E-state index contributed by atoms with van der Waals surface area (Å²) in [4.78, 5) is 24.0. The van der Waals surface area contributed by atoms with Crippen LogP contribution in [-0.4, -0.2) is 38.9 Å². The Morgan fingerprint density at radius 1 is 1.04 bits per heavy atom. The van der Waals surface area contributed by atoms with Crippen molar-refractivity contribution in [2.75, 3.05) is 20.8 Å². The molecule has 28 heavy (non-hydrogen) atoms. The van der Waals surface area contributed by atoms with Crippen molar-refractivity contribution in [2.24, 2.45) is 0 Å². The van der Waals surface area contributed by atoms with E-state index in [1.807, 2.05) is 0 Å². The zero-order valence-electron chi connectivity index (χ0n) is 15.1. The van der Waals surface area contributed by atoms with Crippen molar-refractivity contribution in [2.45, 2.75) is 12.7 Å². The summed E-state index contributed by atoms with van der Waals surface area (Å²) >= 11 is 0. The number of ether oxygens (including phenoxy) is 3. The normalized spacial score (nSPS) is 10.9. The van der Waals surface area contributed by atoms with Gasteiger partial charge in [-0.25, -0.2) is 4.79 Å². The lowest BCUT2D eigenvalue weighted by atomic mass is 10.1. The van der Waals surface area contributed by atoms with Crippen LogP contribution in [0.1, 0.15) is 26.3 Å². The monoisotopic (exact) mass is 397 g/mol. The van der Waals surface area contributed by atoms with Crippen LogP contribution in [0, 0.1) is 0 Å². The van der Waals surface area contributed by atoms with Crippen molar-refractivity contribution in [3.05, 3.63) is 59.2 Å². The Morgan fingerprint density at radius 2 is 1.71 bits per heavy atom. The number of benzene rings is 2. The lowest BCUT2D eigenvalue weighted by Gasteiger charge is -2.11. The second-order valence-corrected chi connectivity index (χ2v) is 5.64. The molecule has 2 aromatic carbocycles. The van der Waals surface area contributed by atoms with E-state index in [-0.39, 0.29) is 23.4 Å². The second kappa shape index (κ2) is 9.12. The first-order valence-electron chi connectivity index (χ1n) is 8.06. The van der Waals surface area contributed by atoms with Crippen molar-refractivity contribution in [3.63, 3.8) is 0 Å². The highest BCUT2D eigenvalue weighted by Gasteiger charge is 2.28. The molecule has 6 nitrogen and oxygen atoms in total. The van der Waals surface area contributed by atoms with Crippen molar-refractivity contribution in [1.82, 2.24) is 5.32 Å². The summed E-state index contributed by atoms with van der Waals surface area (Å²) in [6, 6.07) is 10.1. The van der Waals surface area contributed by atoms with Gasteiger partial charge in [0.05, 0.1) is 14.2 Å². The molecule has 0 saturated carbocycles. The van der Waals surface area contributed by atoms with Gasteiger partial charge in [-0.3, -0.25) is 4.79 Å². The SMILES string of the molecule is COC(=O)c1cc(CNC(=O)c2ccc(OCC(F)(F)F)cc2)ccc1OC. The zero-order chi connectivity index (χ0) is 20.7. The summed E-state index contributed by atoms with van der Waals surface area (Å²) in [6.45, 7) is -1.28. The Bertz CT molecular complexity index is 834. The van der Waals surface area contributed by atoms with Crippen molar-refractivity contribution in [1.29, 1.82) is 0 Å². The number of alkyl halides is 3. The van der Waals surface area contributed by atoms with Gasteiger partial charge in [0.2, 0.25) is 0 Å². The molecule has 0 aliphatic heterocycles. The summed E-state index contributed by atoms with van der Waals surface area (Å²) in [5, 5.41) is 2.66. The Hall–Kier alpha value is -3.23. The first-order valence-corrected chi connectivity index (χ1v) is 8.06. The predicted octanol–water partition coefficient (Wildman–Crippen LogP) is 3.35. The van der Waals surface area contributed by atoms with E-state index in [1.54, 1.807) is 18.2 Å². The van der Waals surface area contributed by atoms with E-state index in [0.29, 0.717) is 11.3 Å². The number of hydrogen-bond donors (Lipinski definition) is 1. The van der Waals surface area contributed by atoms with Gasteiger partial charge in [-0.1, -0.05) is 6.07 Å². The fourth-order valence-corrected chi connectivity index (χ4v) is 2.29. The molecular weight excluding hydrogens is 379 g/mol. The minimum Gasteiger partial charge on any atom is -0.496 e. The molecule has 0 saturated heterocycles. The molecule has 9 heteroatoms. The van der Waals surface area contributed by atoms with Gasteiger partial charge in [0.1, 0.15) is 17.1 Å². The number of esters is 1. The first kappa shape index (κ1) is 21.1. The molecule has 0 atom stereocenters. The van der Waals surface area contributed by atoms with Gasteiger partial charge in [0.25, 0.3) is 5.91 Å². The predicted molar refractivity (Wildman–Crippen MR) is 93.5 cm³/mol. The van der Waals surface area contributed by atoms with E-state index < -0.39 is 24.7 Å². The molecule has 0 fully saturated rings. The fourth-order valence-electron chi connectivity index (χ4n) is 2.29. The van der Waals surface area contributed by atoms with Gasteiger partial charge in [-0.05, 0) is 42.0 Å². The van der Waals surface area contributed by atoms with Crippen LogP contribution in [-0.2, 0) is 11.3 Å². The van der Waals surface area contributed by atoms with Crippen LogP contribution < -0.4 is 14.8 Å². The minimum absolute atomic E-state index is 0.00625. The highest BCUT2D eigenvalue weighted by atomic mass is 19.4. The van der Waals surface area contributed by atoms with E-state index >= 15 is 0 Å².